The number of amides is 1. The maximum Gasteiger partial charge on any atom is 0.303 e. The van der Waals surface area contributed by atoms with E-state index in [0.29, 0.717) is 24.6 Å². The zero-order valence-corrected chi connectivity index (χ0v) is 11.9. The van der Waals surface area contributed by atoms with Crippen LogP contribution in [0.4, 0.5) is 0 Å². The van der Waals surface area contributed by atoms with Gasteiger partial charge >= 0.3 is 5.97 Å². The van der Waals surface area contributed by atoms with Crippen LogP contribution in [0.3, 0.4) is 0 Å². The first-order valence-corrected chi connectivity index (χ1v) is 6.96. The molecule has 0 aliphatic carbocycles. The highest BCUT2D eigenvalue weighted by molar-refractivity contribution is 5.92. The van der Waals surface area contributed by atoms with Crippen LogP contribution in [0.1, 0.15) is 54.2 Å². The lowest BCUT2D eigenvalue weighted by Crippen LogP contribution is -2.44. The molecule has 1 aliphatic rings. The highest BCUT2D eigenvalue weighted by Crippen LogP contribution is 2.24. The van der Waals surface area contributed by atoms with Crippen LogP contribution in [0.15, 0.2) is 4.42 Å². The number of hydrogen-bond acceptors (Lipinski definition) is 4. The van der Waals surface area contributed by atoms with E-state index < -0.39 is 5.97 Å². The largest absolute Gasteiger partial charge is 0.481 e. The zero-order chi connectivity index (χ0) is 14.7. The molecule has 0 aromatic carbocycles. The van der Waals surface area contributed by atoms with Gasteiger partial charge in [-0.05, 0) is 32.6 Å². The summed E-state index contributed by atoms with van der Waals surface area (Å²) >= 11 is 0. The molecule has 1 fully saturated rings. The number of carbonyl (C=O) groups is 2. The number of hydrogen-bond donors (Lipinski definition) is 1. The molecule has 110 valence electrons. The van der Waals surface area contributed by atoms with Crippen LogP contribution in [0.25, 0.3) is 0 Å². The Morgan fingerprint density at radius 2 is 2.15 bits per heavy atom. The minimum absolute atomic E-state index is 0.0165. The van der Waals surface area contributed by atoms with Crippen LogP contribution >= 0.6 is 0 Å². The fraction of sp³-hybridized carbons (Fsp3) is 0.643. The van der Waals surface area contributed by atoms with Crippen LogP contribution in [0.5, 0.6) is 0 Å². The van der Waals surface area contributed by atoms with Gasteiger partial charge in [-0.25, -0.2) is 4.98 Å². The summed E-state index contributed by atoms with van der Waals surface area (Å²) in [5.41, 5.74) is 0.593. The summed E-state index contributed by atoms with van der Waals surface area (Å²) in [4.78, 5) is 29.1. The second kappa shape index (κ2) is 6.07. The van der Waals surface area contributed by atoms with Crippen molar-refractivity contribution in [2.45, 2.75) is 52.0 Å². The molecule has 1 saturated heterocycles. The van der Waals surface area contributed by atoms with Gasteiger partial charge in [0.15, 0.2) is 5.89 Å². The Bertz CT molecular complexity index is 509. The number of nitrogens with zero attached hydrogens (tertiary/aromatic N) is 2. The number of oxazole rings is 1. The lowest BCUT2D eigenvalue weighted by Gasteiger charge is -2.35. The SMILES string of the molecule is Cc1nc(C)c(C(=O)N2CCCCC2CCC(=O)O)o1. The van der Waals surface area contributed by atoms with E-state index in [1.807, 2.05) is 0 Å². The predicted octanol–water partition coefficient (Wildman–Crippen LogP) is 2.15. The minimum Gasteiger partial charge on any atom is -0.481 e. The molecule has 1 aliphatic heterocycles. The Balaban J connectivity index is 2.12. The molecule has 1 atom stereocenters. The van der Waals surface area contributed by atoms with Crippen molar-refractivity contribution in [3.05, 3.63) is 17.3 Å². The number of aryl methyl sites for hydroxylation is 2. The maximum absolute atomic E-state index is 12.5. The number of likely N-dealkylation sites (tertiary alicyclic amines) is 1. The number of piperidine rings is 1. The molecular weight excluding hydrogens is 260 g/mol. The summed E-state index contributed by atoms with van der Waals surface area (Å²) in [5, 5.41) is 8.80. The van der Waals surface area contributed by atoms with E-state index in [9.17, 15) is 9.59 Å². The summed E-state index contributed by atoms with van der Waals surface area (Å²) in [6, 6.07) is -0.0165. The first kappa shape index (κ1) is 14.6. The molecule has 0 bridgehead atoms. The average molecular weight is 280 g/mol. The number of carboxylic acid groups (broad SMARTS) is 1. The lowest BCUT2D eigenvalue weighted by molar-refractivity contribution is -0.137. The van der Waals surface area contributed by atoms with E-state index in [4.69, 9.17) is 9.52 Å². The van der Waals surface area contributed by atoms with Crippen LogP contribution < -0.4 is 0 Å². The number of carbonyl (C=O) groups excluding carboxylic acids is 1. The smallest absolute Gasteiger partial charge is 0.303 e. The monoisotopic (exact) mass is 280 g/mol. The Morgan fingerprint density at radius 3 is 2.75 bits per heavy atom. The van der Waals surface area contributed by atoms with Crippen molar-refractivity contribution in [1.29, 1.82) is 0 Å². The Kier molecular flexibility index (Phi) is 4.42. The first-order valence-electron chi connectivity index (χ1n) is 6.96. The molecule has 0 saturated carbocycles. The van der Waals surface area contributed by atoms with Crippen molar-refractivity contribution in [2.75, 3.05) is 6.54 Å². The van der Waals surface area contributed by atoms with E-state index in [1.165, 1.54) is 0 Å². The van der Waals surface area contributed by atoms with Gasteiger partial charge in [-0.15, -0.1) is 0 Å². The number of aromatic nitrogens is 1. The van der Waals surface area contributed by atoms with Gasteiger partial charge in [-0.2, -0.15) is 0 Å². The van der Waals surface area contributed by atoms with Crippen LogP contribution in [-0.2, 0) is 4.79 Å². The minimum atomic E-state index is -0.824. The van der Waals surface area contributed by atoms with E-state index in [-0.39, 0.29) is 24.1 Å². The zero-order valence-electron chi connectivity index (χ0n) is 11.9. The molecule has 1 aromatic rings. The van der Waals surface area contributed by atoms with Crippen molar-refractivity contribution in [3.63, 3.8) is 0 Å². The Morgan fingerprint density at radius 1 is 1.40 bits per heavy atom. The second-order valence-electron chi connectivity index (χ2n) is 5.23. The molecule has 0 spiro atoms. The van der Waals surface area contributed by atoms with Gasteiger partial charge in [0.2, 0.25) is 5.76 Å². The molecule has 20 heavy (non-hydrogen) atoms. The van der Waals surface area contributed by atoms with Crippen LogP contribution in [0, 0.1) is 13.8 Å². The van der Waals surface area contributed by atoms with Crippen LogP contribution in [0.2, 0.25) is 0 Å². The highest BCUT2D eigenvalue weighted by Gasteiger charge is 2.30. The fourth-order valence-corrected chi connectivity index (χ4v) is 2.72. The molecule has 1 N–H and O–H groups in total. The third-order valence-electron chi connectivity index (χ3n) is 3.68. The van der Waals surface area contributed by atoms with Crippen molar-refractivity contribution in [3.8, 4) is 0 Å². The van der Waals surface area contributed by atoms with Gasteiger partial charge < -0.3 is 14.4 Å². The number of carboxylic acids is 1. The van der Waals surface area contributed by atoms with Gasteiger partial charge in [0.1, 0.15) is 0 Å². The number of aliphatic carboxylic acids is 1. The third-order valence-corrected chi connectivity index (χ3v) is 3.68. The Hall–Kier alpha value is -1.85. The van der Waals surface area contributed by atoms with Crippen molar-refractivity contribution in [1.82, 2.24) is 9.88 Å². The first-order chi connectivity index (χ1) is 9.49. The average Bonchev–Trinajstić information content (AvgIpc) is 2.75. The molecular formula is C14H20N2O4. The quantitative estimate of drug-likeness (QED) is 0.913. The maximum atomic E-state index is 12.5. The molecule has 1 unspecified atom stereocenters. The van der Waals surface area contributed by atoms with Gasteiger partial charge in [0, 0.05) is 25.9 Å². The number of rotatable bonds is 4. The Labute approximate surface area is 117 Å². The van der Waals surface area contributed by atoms with Gasteiger partial charge in [-0.1, -0.05) is 0 Å². The van der Waals surface area contributed by atoms with Crippen molar-refractivity contribution >= 4 is 11.9 Å². The van der Waals surface area contributed by atoms with E-state index in [1.54, 1.807) is 18.7 Å². The molecule has 6 heteroatoms. The normalized spacial score (nSPS) is 19.1. The molecule has 2 rings (SSSR count). The summed E-state index contributed by atoms with van der Waals surface area (Å²) in [7, 11) is 0. The highest BCUT2D eigenvalue weighted by atomic mass is 16.4. The molecule has 1 aromatic heterocycles. The summed E-state index contributed by atoms with van der Waals surface area (Å²) in [5.74, 6) is -0.234. The molecule has 2 heterocycles. The summed E-state index contributed by atoms with van der Waals surface area (Å²) in [6.07, 6.45) is 3.41. The summed E-state index contributed by atoms with van der Waals surface area (Å²) in [6.45, 7) is 4.12. The topological polar surface area (TPSA) is 83.6 Å². The van der Waals surface area contributed by atoms with Gasteiger partial charge in [0.25, 0.3) is 5.91 Å². The van der Waals surface area contributed by atoms with Gasteiger partial charge in [-0.3, -0.25) is 9.59 Å². The van der Waals surface area contributed by atoms with Gasteiger partial charge in [0.05, 0.1) is 5.69 Å². The van der Waals surface area contributed by atoms with E-state index >= 15 is 0 Å². The predicted molar refractivity (Wildman–Crippen MR) is 71.5 cm³/mol. The second-order valence-corrected chi connectivity index (χ2v) is 5.23. The molecule has 1 amide bonds. The molecule has 0 radical (unpaired) electrons. The van der Waals surface area contributed by atoms with Crippen molar-refractivity contribution in [2.24, 2.45) is 0 Å². The lowest BCUT2D eigenvalue weighted by atomic mass is 9.97. The third kappa shape index (κ3) is 3.18. The van der Waals surface area contributed by atoms with Crippen molar-refractivity contribution < 1.29 is 19.1 Å². The van der Waals surface area contributed by atoms with E-state index in [0.717, 1.165) is 19.3 Å². The fourth-order valence-electron chi connectivity index (χ4n) is 2.72. The van der Waals surface area contributed by atoms with E-state index in [2.05, 4.69) is 4.98 Å². The molecule has 6 nitrogen and oxygen atoms in total. The van der Waals surface area contributed by atoms with Crippen LogP contribution in [-0.4, -0.2) is 39.5 Å². The summed E-state index contributed by atoms with van der Waals surface area (Å²) < 4.78 is 5.38. The standard InChI is InChI=1S/C14H20N2O4/c1-9-13(20-10(2)15-9)14(19)16-8-4-3-5-11(16)6-7-12(17)18/h11H,3-8H2,1-2H3,(H,17,18).